The molecular formula is C10H14N2O4S. The highest BCUT2D eigenvalue weighted by molar-refractivity contribution is 7.82. The molecule has 0 bridgehead atoms. The van der Waals surface area contributed by atoms with Crippen LogP contribution in [-0.2, 0) is 31.8 Å². The average molecular weight is 258 g/mol. The molecule has 0 aromatic heterocycles. The van der Waals surface area contributed by atoms with Crippen LogP contribution >= 0.6 is 0 Å². The van der Waals surface area contributed by atoms with Gasteiger partial charge in [-0.05, 0) is 30.0 Å². The van der Waals surface area contributed by atoms with E-state index in [0.29, 0.717) is 5.69 Å². The van der Waals surface area contributed by atoms with Gasteiger partial charge in [0.15, 0.2) is 0 Å². The van der Waals surface area contributed by atoms with E-state index in [9.17, 15) is 8.42 Å². The highest BCUT2D eigenvalue weighted by Crippen LogP contribution is 2.27. The summed E-state index contributed by atoms with van der Waals surface area (Å²) in [6, 6.07) is 5.63. The summed E-state index contributed by atoms with van der Waals surface area (Å²) in [7, 11) is -3.97. The van der Waals surface area contributed by atoms with E-state index < -0.39 is 10.4 Å². The molecule has 17 heavy (non-hydrogen) atoms. The van der Waals surface area contributed by atoms with Crippen molar-refractivity contribution in [2.24, 2.45) is 0 Å². The zero-order valence-corrected chi connectivity index (χ0v) is 10.5. The lowest BCUT2D eigenvalue weighted by molar-refractivity contribution is 0.197. The number of nitrogens with one attached hydrogen (secondary N) is 1. The lowest BCUT2D eigenvalue weighted by Gasteiger charge is -2.17. The summed E-state index contributed by atoms with van der Waals surface area (Å²) >= 11 is 0. The minimum Gasteiger partial charge on any atom is -0.165 e. The van der Waals surface area contributed by atoms with Crippen molar-refractivity contribution in [1.29, 1.82) is 0 Å². The van der Waals surface area contributed by atoms with Gasteiger partial charge in [0.25, 0.3) is 0 Å². The van der Waals surface area contributed by atoms with Crippen LogP contribution in [0.5, 0.6) is 0 Å². The van der Waals surface area contributed by atoms with Crippen molar-refractivity contribution in [1.82, 2.24) is 5.59 Å². The van der Waals surface area contributed by atoms with Gasteiger partial charge in [-0.25, -0.2) is 0 Å². The van der Waals surface area contributed by atoms with Crippen LogP contribution in [0.2, 0.25) is 0 Å². The molecule has 1 saturated heterocycles. The minimum absolute atomic E-state index is 0.646. The van der Waals surface area contributed by atoms with E-state index in [1.165, 1.54) is 0 Å². The Morgan fingerprint density at radius 2 is 2.06 bits per heavy atom. The zero-order chi connectivity index (χ0) is 12.5. The standard InChI is InChI=1S/C10H14N2O4S/c1-3-8-6-5-7-10(9(8)4-2)12-11-15-17(13,14)16-12/h5-7,11H,3-4H2,1-2H3. The minimum atomic E-state index is -3.97. The van der Waals surface area contributed by atoms with Gasteiger partial charge in [0.1, 0.15) is 0 Å². The molecule has 0 unspecified atom stereocenters. The van der Waals surface area contributed by atoms with Crippen LogP contribution in [0.15, 0.2) is 18.2 Å². The van der Waals surface area contributed by atoms with E-state index in [0.717, 1.165) is 29.1 Å². The van der Waals surface area contributed by atoms with E-state index in [2.05, 4.69) is 14.2 Å². The summed E-state index contributed by atoms with van der Waals surface area (Å²) in [4.78, 5) is 0. The number of hydrogen-bond acceptors (Lipinski definition) is 6. The number of benzene rings is 1. The van der Waals surface area contributed by atoms with E-state index in [1.54, 1.807) is 6.07 Å². The van der Waals surface area contributed by atoms with Gasteiger partial charge in [-0.1, -0.05) is 31.6 Å². The van der Waals surface area contributed by atoms with Crippen LogP contribution in [0.3, 0.4) is 0 Å². The molecule has 2 rings (SSSR count). The SMILES string of the molecule is CCc1cccc(N2NOS(=O)(=O)O2)c1CC. The summed E-state index contributed by atoms with van der Waals surface area (Å²) in [6.45, 7) is 4.05. The Morgan fingerprint density at radius 3 is 2.59 bits per heavy atom. The Labute approximate surface area is 100 Å². The van der Waals surface area contributed by atoms with Crippen LogP contribution < -0.4 is 10.8 Å². The molecule has 0 aliphatic carbocycles. The van der Waals surface area contributed by atoms with Gasteiger partial charge in [0.05, 0.1) is 5.69 Å². The van der Waals surface area contributed by atoms with Crippen LogP contribution in [0.25, 0.3) is 0 Å². The fraction of sp³-hybridized carbons (Fsp3) is 0.400. The topological polar surface area (TPSA) is 67.9 Å². The molecule has 6 nitrogen and oxygen atoms in total. The van der Waals surface area contributed by atoms with Gasteiger partial charge in [-0.3, -0.25) is 0 Å². The average Bonchev–Trinajstić information content (AvgIpc) is 2.68. The van der Waals surface area contributed by atoms with Crippen LogP contribution in [0, 0.1) is 0 Å². The Balaban J connectivity index is 2.39. The third kappa shape index (κ3) is 2.42. The number of hydrogen-bond donors (Lipinski definition) is 1. The van der Waals surface area contributed by atoms with Gasteiger partial charge in [0, 0.05) is 0 Å². The summed E-state index contributed by atoms with van der Waals surface area (Å²) in [6.07, 6.45) is 1.65. The second-order valence-electron chi connectivity index (χ2n) is 3.57. The molecule has 0 amide bonds. The lowest BCUT2D eigenvalue weighted by Crippen LogP contribution is -2.29. The van der Waals surface area contributed by atoms with Gasteiger partial charge in [0.2, 0.25) is 0 Å². The smallest absolute Gasteiger partial charge is 0.165 e. The van der Waals surface area contributed by atoms with E-state index in [1.807, 2.05) is 26.0 Å². The first-order chi connectivity index (χ1) is 8.07. The molecule has 1 N–H and O–H groups in total. The third-order valence-corrected chi connectivity index (χ3v) is 3.20. The molecule has 1 aromatic rings. The molecule has 1 fully saturated rings. The highest BCUT2D eigenvalue weighted by atomic mass is 32.3. The predicted octanol–water partition coefficient (Wildman–Crippen LogP) is 1.24. The van der Waals surface area contributed by atoms with Crippen molar-refractivity contribution in [3.05, 3.63) is 29.3 Å². The summed E-state index contributed by atoms with van der Waals surface area (Å²) in [5, 5.41) is 1.02. The highest BCUT2D eigenvalue weighted by Gasteiger charge is 2.30. The summed E-state index contributed by atoms with van der Waals surface area (Å²) < 4.78 is 31.0. The van der Waals surface area contributed by atoms with Crippen LogP contribution in [-0.4, -0.2) is 8.42 Å². The fourth-order valence-electron chi connectivity index (χ4n) is 1.84. The Kier molecular flexibility index (Phi) is 3.34. The van der Waals surface area contributed by atoms with E-state index in [-0.39, 0.29) is 0 Å². The fourth-order valence-corrected chi connectivity index (χ4v) is 2.32. The normalized spacial score (nSPS) is 18.6. The monoisotopic (exact) mass is 258 g/mol. The van der Waals surface area contributed by atoms with Crippen LogP contribution in [0.1, 0.15) is 25.0 Å². The largest absolute Gasteiger partial charge is 0.440 e. The maximum absolute atomic E-state index is 11.0. The molecular weight excluding hydrogens is 244 g/mol. The Morgan fingerprint density at radius 1 is 1.29 bits per heavy atom. The van der Waals surface area contributed by atoms with Crippen molar-refractivity contribution in [3.63, 3.8) is 0 Å². The van der Waals surface area contributed by atoms with E-state index in [4.69, 9.17) is 0 Å². The van der Waals surface area contributed by atoms with E-state index >= 15 is 0 Å². The molecule has 0 radical (unpaired) electrons. The van der Waals surface area contributed by atoms with Crippen molar-refractivity contribution < 1.29 is 17.0 Å². The molecule has 1 aliphatic heterocycles. The number of anilines is 1. The summed E-state index contributed by atoms with van der Waals surface area (Å²) in [5.41, 5.74) is 5.04. The maximum Gasteiger partial charge on any atom is 0.440 e. The van der Waals surface area contributed by atoms with Crippen LogP contribution in [0.4, 0.5) is 5.69 Å². The van der Waals surface area contributed by atoms with Gasteiger partial charge in [-0.2, -0.15) is 8.42 Å². The number of rotatable bonds is 3. The van der Waals surface area contributed by atoms with Crippen molar-refractivity contribution in [2.75, 3.05) is 5.17 Å². The molecule has 94 valence electrons. The molecule has 1 heterocycles. The summed E-state index contributed by atoms with van der Waals surface area (Å²) in [5.74, 6) is 0. The zero-order valence-electron chi connectivity index (χ0n) is 9.63. The second-order valence-corrected chi connectivity index (χ2v) is 4.71. The number of aryl methyl sites for hydroxylation is 1. The molecule has 1 aromatic carbocycles. The van der Waals surface area contributed by atoms with Gasteiger partial charge >= 0.3 is 10.4 Å². The molecule has 7 heteroatoms. The first-order valence-corrected chi connectivity index (χ1v) is 6.70. The Hall–Kier alpha value is -1.15. The molecule has 0 saturated carbocycles. The number of hydrazine groups is 1. The number of nitrogens with zero attached hydrogens (tertiary/aromatic N) is 1. The Bertz CT molecular complexity index is 515. The van der Waals surface area contributed by atoms with Crippen molar-refractivity contribution in [3.8, 4) is 0 Å². The molecule has 0 atom stereocenters. The lowest BCUT2D eigenvalue weighted by atomic mass is 10.0. The maximum atomic E-state index is 11.0. The third-order valence-electron chi connectivity index (χ3n) is 2.59. The first kappa shape index (κ1) is 12.3. The predicted molar refractivity (Wildman–Crippen MR) is 61.9 cm³/mol. The second kappa shape index (κ2) is 4.61. The van der Waals surface area contributed by atoms with Gasteiger partial charge in [-0.15, -0.1) is 13.7 Å². The quantitative estimate of drug-likeness (QED) is 0.880. The van der Waals surface area contributed by atoms with Crippen molar-refractivity contribution in [2.45, 2.75) is 26.7 Å². The molecule has 0 spiro atoms. The first-order valence-electron chi connectivity index (χ1n) is 5.37. The molecule has 1 aliphatic rings. The van der Waals surface area contributed by atoms with Gasteiger partial charge < -0.3 is 0 Å². The van der Waals surface area contributed by atoms with Crippen molar-refractivity contribution >= 4 is 16.1 Å².